The minimum atomic E-state index is -0.539. The molecular weight excluding hydrogens is 378 g/mol. The number of carbonyl (C=O) groups excluding carboxylic acids is 2. The van der Waals surface area contributed by atoms with Crippen molar-refractivity contribution < 1.29 is 19.1 Å². The normalized spacial score (nSPS) is 29.9. The quantitative estimate of drug-likeness (QED) is 0.831. The molecule has 1 aromatic heterocycles. The summed E-state index contributed by atoms with van der Waals surface area (Å²) in [6, 6.07) is 7.39. The Hall–Kier alpha value is -2.32. The van der Waals surface area contributed by atoms with Crippen LogP contribution in [0.25, 0.3) is 0 Å². The first-order valence-corrected chi connectivity index (χ1v) is 10.4. The molecule has 1 amide bonds. The maximum Gasteiger partial charge on any atom is 0.230 e. The highest BCUT2D eigenvalue weighted by Gasteiger charge is 2.70. The first-order chi connectivity index (χ1) is 13.6. The van der Waals surface area contributed by atoms with Gasteiger partial charge in [-0.15, -0.1) is 10.2 Å². The van der Waals surface area contributed by atoms with Gasteiger partial charge in [0.15, 0.2) is 5.78 Å². The average Bonchev–Trinajstić information content (AvgIpc) is 3.12. The fourth-order valence-corrected chi connectivity index (χ4v) is 5.63. The number of fused-ring (bicyclic) bond motifs is 3. The number of nitrogens with one attached hydrogen (secondary N) is 1. The van der Waals surface area contributed by atoms with Crippen LogP contribution in [0.2, 0.25) is 0 Å². The Kier molecular flexibility index (Phi) is 4.21. The number of anilines is 1. The van der Waals surface area contributed by atoms with Crippen molar-refractivity contribution in [3.8, 4) is 5.75 Å². The van der Waals surface area contributed by atoms with Crippen LogP contribution in [-0.2, 0) is 16.0 Å². The summed E-state index contributed by atoms with van der Waals surface area (Å²) < 4.78 is 11.4. The second-order valence-corrected chi connectivity index (χ2v) is 8.81. The molecule has 1 spiro atoms. The minimum absolute atomic E-state index is 0.0431. The topological polar surface area (TPSA) is 90.4 Å². The monoisotopic (exact) mass is 399 g/mol. The Morgan fingerprint density at radius 1 is 1.39 bits per heavy atom. The van der Waals surface area contributed by atoms with E-state index in [2.05, 4.69) is 15.5 Å². The zero-order valence-electron chi connectivity index (χ0n) is 15.5. The van der Waals surface area contributed by atoms with E-state index < -0.39 is 5.60 Å². The number of ether oxygens (including phenoxy) is 2. The Bertz CT molecular complexity index is 945. The molecule has 2 saturated carbocycles. The molecule has 2 aliphatic carbocycles. The number of amides is 1. The summed E-state index contributed by atoms with van der Waals surface area (Å²) in [4.78, 5) is 25.5. The number of aromatic nitrogens is 2. The molecule has 8 heteroatoms. The van der Waals surface area contributed by atoms with E-state index in [1.165, 1.54) is 11.3 Å². The molecule has 5 rings (SSSR count). The third-order valence-electron chi connectivity index (χ3n) is 6.16. The fraction of sp³-hybridized carbons (Fsp3) is 0.500. The first-order valence-electron chi connectivity index (χ1n) is 9.55. The molecule has 28 heavy (non-hydrogen) atoms. The lowest BCUT2D eigenvalue weighted by molar-refractivity contribution is -0.119. The Balaban J connectivity index is 1.29. The molecule has 3 aliphatic rings. The zero-order valence-corrected chi connectivity index (χ0v) is 16.3. The van der Waals surface area contributed by atoms with Crippen LogP contribution in [0.5, 0.6) is 5.75 Å². The number of nitrogens with zero attached hydrogens (tertiary/aromatic N) is 2. The molecule has 146 valence electrons. The molecule has 0 saturated heterocycles. The largest absolute Gasteiger partial charge is 0.486 e. The number of hydrogen-bond acceptors (Lipinski definition) is 7. The van der Waals surface area contributed by atoms with Crippen molar-refractivity contribution in [1.82, 2.24) is 10.2 Å². The van der Waals surface area contributed by atoms with Gasteiger partial charge in [-0.2, -0.15) is 0 Å². The molecule has 7 nitrogen and oxygen atoms in total. The van der Waals surface area contributed by atoms with Crippen LogP contribution in [0.1, 0.15) is 34.6 Å². The second kappa shape index (κ2) is 6.63. The van der Waals surface area contributed by atoms with Crippen LogP contribution < -0.4 is 10.1 Å². The van der Waals surface area contributed by atoms with Gasteiger partial charge >= 0.3 is 0 Å². The summed E-state index contributed by atoms with van der Waals surface area (Å²) >= 11 is 1.37. The smallest absolute Gasteiger partial charge is 0.230 e. The van der Waals surface area contributed by atoms with Gasteiger partial charge in [0.1, 0.15) is 16.4 Å². The van der Waals surface area contributed by atoms with Crippen molar-refractivity contribution in [2.24, 2.45) is 17.8 Å². The zero-order chi connectivity index (χ0) is 19.3. The molecule has 1 aromatic carbocycles. The lowest BCUT2D eigenvalue weighted by Gasteiger charge is -2.37. The number of rotatable bonds is 5. The Morgan fingerprint density at radius 3 is 3.11 bits per heavy atom. The molecule has 1 N–H and O–H groups in total. The minimum Gasteiger partial charge on any atom is -0.486 e. The van der Waals surface area contributed by atoms with E-state index in [1.54, 1.807) is 7.11 Å². The molecule has 2 aromatic rings. The van der Waals surface area contributed by atoms with Crippen molar-refractivity contribution in [1.29, 1.82) is 0 Å². The number of ketones is 1. The van der Waals surface area contributed by atoms with E-state index >= 15 is 0 Å². The number of benzene rings is 1. The second-order valence-electron chi connectivity index (χ2n) is 7.75. The lowest BCUT2D eigenvalue weighted by Crippen LogP contribution is -2.44. The van der Waals surface area contributed by atoms with Crippen molar-refractivity contribution in [3.05, 3.63) is 34.8 Å². The van der Waals surface area contributed by atoms with Gasteiger partial charge in [-0.3, -0.25) is 9.59 Å². The maximum atomic E-state index is 12.8. The third kappa shape index (κ3) is 2.82. The fourth-order valence-electron chi connectivity index (χ4n) is 4.90. The predicted molar refractivity (Wildman–Crippen MR) is 103 cm³/mol. The highest BCUT2D eigenvalue weighted by atomic mass is 32.1. The molecule has 0 bridgehead atoms. The van der Waals surface area contributed by atoms with Gasteiger partial charge in [-0.25, -0.2) is 0 Å². The molecule has 0 unspecified atom stereocenters. The highest BCUT2D eigenvalue weighted by molar-refractivity contribution is 7.15. The van der Waals surface area contributed by atoms with Crippen molar-refractivity contribution in [2.45, 2.75) is 31.3 Å². The van der Waals surface area contributed by atoms with Crippen LogP contribution in [0.15, 0.2) is 24.3 Å². The number of para-hydroxylation sites is 1. The van der Waals surface area contributed by atoms with Gasteiger partial charge in [0.05, 0.1) is 18.6 Å². The summed E-state index contributed by atoms with van der Waals surface area (Å²) in [6.07, 6.45) is 2.77. The van der Waals surface area contributed by atoms with Gasteiger partial charge in [-0.1, -0.05) is 23.5 Å². The van der Waals surface area contributed by atoms with Crippen molar-refractivity contribution in [3.63, 3.8) is 0 Å². The van der Waals surface area contributed by atoms with Crippen molar-refractivity contribution >= 4 is 28.2 Å². The van der Waals surface area contributed by atoms with E-state index in [9.17, 15) is 9.59 Å². The lowest BCUT2D eigenvalue weighted by atomic mass is 9.84. The van der Waals surface area contributed by atoms with E-state index in [1.807, 2.05) is 24.3 Å². The Morgan fingerprint density at radius 2 is 2.25 bits per heavy atom. The van der Waals surface area contributed by atoms with E-state index in [-0.39, 0.29) is 29.4 Å². The summed E-state index contributed by atoms with van der Waals surface area (Å²) in [6.45, 7) is 0.574. The van der Waals surface area contributed by atoms with E-state index in [0.29, 0.717) is 35.9 Å². The van der Waals surface area contributed by atoms with Crippen LogP contribution in [0.3, 0.4) is 0 Å². The van der Waals surface area contributed by atoms with Crippen molar-refractivity contribution in [2.75, 3.05) is 19.0 Å². The van der Waals surface area contributed by atoms with E-state index in [0.717, 1.165) is 17.8 Å². The molecule has 1 aliphatic heterocycles. The first kappa shape index (κ1) is 17.8. The SMILES string of the molecule is COCCc1nnc(NC(=O)[C@@H]2[C@@H]3CC[C@]4(CC(=O)c5ccccc5O4)[C@H]32)s1. The standard InChI is InChI=1S/C20H21N3O4S/c1-26-9-7-15-22-23-19(28-15)21-18(25)16-12-6-8-20(17(12)16)10-13(24)11-4-2-3-5-14(11)27-20/h2-5,12,16-17H,6-10H2,1H3,(H,21,23,25)/t12-,16+,17+,20-/m0/s1. The predicted octanol–water partition coefficient (Wildman–Crippen LogP) is 2.73. The maximum absolute atomic E-state index is 12.8. The van der Waals surface area contributed by atoms with Crippen LogP contribution in [0, 0.1) is 17.8 Å². The average molecular weight is 399 g/mol. The number of Topliss-reactive ketones (excluding diaryl/α,β-unsaturated/α-hetero) is 1. The van der Waals surface area contributed by atoms with Gasteiger partial charge in [-0.05, 0) is 30.9 Å². The third-order valence-corrected chi connectivity index (χ3v) is 7.06. The summed E-state index contributed by atoms with van der Waals surface area (Å²) in [7, 11) is 1.64. The van der Waals surface area contributed by atoms with Gasteiger partial charge in [0.25, 0.3) is 0 Å². The van der Waals surface area contributed by atoms with E-state index in [4.69, 9.17) is 9.47 Å². The van der Waals surface area contributed by atoms with Crippen LogP contribution in [0.4, 0.5) is 5.13 Å². The summed E-state index contributed by atoms with van der Waals surface area (Å²) in [5, 5.41) is 12.4. The molecular formula is C20H21N3O4S. The summed E-state index contributed by atoms with van der Waals surface area (Å²) in [5.41, 5.74) is 0.110. The Labute approximate surface area is 166 Å². The van der Waals surface area contributed by atoms with Gasteiger partial charge in [0, 0.05) is 25.4 Å². The molecule has 0 radical (unpaired) electrons. The van der Waals surface area contributed by atoms with Crippen LogP contribution >= 0.6 is 11.3 Å². The number of hydrogen-bond donors (Lipinski definition) is 1. The summed E-state index contributed by atoms with van der Waals surface area (Å²) in [5.74, 6) is 0.957. The van der Waals surface area contributed by atoms with Gasteiger partial charge in [0.2, 0.25) is 11.0 Å². The molecule has 4 atom stereocenters. The highest BCUT2D eigenvalue weighted by Crippen LogP contribution is 2.65. The number of methoxy groups -OCH3 is 1. The van der Waals surface area contributed by atoms with Gasteiger partial charge < -0.3 is 14.8 Å². The molecule has 2 heterocycles. The molecule has 2 fully saturated rings. The number of carbonyl (C=O) groups is 2. The van der Waals surface area contributed by atoms with Crippen LogP contribution in [-0.4, -0.2) is 41.2 Å².